The lowest BCUT2D eigenvalue weighted by atomic mass is 9.70. The Hall–Kier alpha value is -1.05. The Labute approximate surface area is 268 Å². The zero-order valence-electron chi connectivity index (χ0n) is 25.8. The number of hydrogen-bond acceptors (Lipinski definition) is 12. The molecule has 3 unspecified atom stereocenters. The van der Waals surface area contributed by atoms with Crippen LogP contribution in [0.3, 0.4) is 0 Å². The molecule has 0 fully saturated rings. The van der Waals surface area contributed by atoms with Gasteiger partial charge in [0.1, 0.15) is 18.2 Å². The summed E-state index contributed by atoms with van der Waals surface area (Å²) in [5.74, 6) is 1.86. The number of aromatic nitrogens is 1. The van der Waals surface area contributed by atoms with Crippen LogP contribution in [0.2, 0.25) is 0 Å². The van der Waals surface area contributed by atoms with Crippen molar-refractivity contribution in [3.05, 3.63) is 36.7 Å². The van der Waals surface area contributed by atoms with Gasteiger partial charge in [0.25, 0.3) is 0 Å². The van der Waals surface area contributed by atoms with Crippen molar-refractivity contribution in [3.63, 3.8) is 0 Å². The minimum Gasteiger partial charge on any atom is -0.497 e. The predicted octanol–water partition coefficient (Wildman–Crippen LogP) is 6.49. The highest BCUT2D eigenvalue weighted by molar-refractivity contribution is 8.77. The third-order valence-electron chi connectivity index (χ3n) is 6.44. The Balaban J connectivity index is 2.93. The van der Waals surface area contributed by atoms with Crippen molar-refractivity contribution in [3.8, 4) is 0 Å². The molecule has 0 aliphatic heterocycles. The van der Waals surface area contributed by atoms with E-state index in [-0.39, 0.29) is 44.0 Å². The molecule has 1 rings (SSSR count). The van der Waals surface area contributed by atoms with Crippen LogP contribution in [0.5, 0.6) is 0 Å². The average molecular weight is 663 g/mol. The molecule has 0 saturated heterocycles. The highest BCUT2D eigenvalue weighted by Crippen LogP contribution is 2.41. The first-order valence-electron chi connectivity index (χ1n) is 14.4. The summed E-state index contributed by atoms with van der Waals surface area (Å²) in [5, 5.41) is 10.2. The number of ether oxygens (including phenoxy) is 3. The van der Waals surface area contributed by atoms with Gasteiger partial charge in [0.2, 0.25) is 0 Å². The summed E-state index contributed by atoms with van der Waals surface area (Å²) in [6, 6.07) is 5.74. The normalized spacial score (nSPS) is 14.3. The molecule has 1 heterocycles. The van der Waals surface area contributed by atoms with E-state index in [1.165, 1.54) is 10.8 Å². The van der Waals surface area contributed by atoms with Crippen molar-refractivity contribution in [2.24, 2.45) is 34.8 Å². The number of carbonyl (C=O) groups excluding carboxylic acids is 2. The van der Waals surface area contributed by atoms with Crippen molar-refractivity contribution in [1.29, 1.82) is 0 Å². The molecule has 1 aromatic rings. The number of hydrogen-bond donors (Lipinski definition) is 2. The Morgan fingerprint density at radius 2 is 1.69 bits per heavy atom. The monoisotopic (exact) mass is 662 g/mol. The number of allylic oxidation sites excluding steroid dienone is 1. The fourth-order valence-corrected chi connectivity index (χ4v) is 7.74. The summed E-state index contributed by atoms with van der Waals surface area (Å²) in [6.07, 6.45) is 3.20. The van der Waals surface area contributed by atoms with E-state index in [1.54, 1.807) is 38.6 Å². The maximum atomic E-state index is 13.5. The highest BCUT2D eigenvalue weighted by Gasteiger charge is 2.43. The minimum absolute atomic E-state index is 0.0518. The van der Waals surface area contributed by atoms with E-state index in [1.807, 2.05) is 39.0 Å². The summed E-state index contributed by atoms with van der Waals surface area (Å²) in [5.41, 5.74) is 4.55. The van der Waals surface area contributed by atoms with Gasteiger partial charge in [-0.1, -0.05) is 72.7 Å². The van der Waals surface area contributed by atoms with Gasteiger partial charge in [-0.05, 0) is 60.9 Å². The van der Waals surface area contributed by atoms with E-state index in [0.29, 0.717) is 37.0 Å². The molecule has 0 amide bonds. The van der Waals surface area contributed by atoms with E-state index in [2.05, 4.69) is 25.4 Å². The summed E-state index contributed by atoms with van der Waals surface area (Å²) in [6.45, 7) is 15.3. The van der Waals surface area contributed by atoms with E-state index in [4.69, 9.17) is 19.9 Å². The zero-order chi connectivity index (χ0) is 31.4. The molecule has 0 aliphatic carbocycles. The maximum absolute atomic E-state index is 13.5. The standard InChI is InChI=1S/C30H50N2O6S4/c1-22(2)19-25(24(5)36-14-17-40-39-16-10-31)20-30(6,29(35)38-13-12-33)21-26(23(3)4)28(34)37-15-18-41-42-27-9-7-8-11-32-27/h7-9,11,22-23,25-26,33H,5,10,12-21,31H2,1-4,6H3. The first kappa shape index (κ1) is 39.0. The van der Waals surface area contributed by atoms with Crippen LogP contribution in [-0.2, 0) is 23.8 Å². The number of nitrogens with zero attached hydrogens (tertiary/aromatic N) is 1. The number of carbonyl (C=O) groups is 2. The smallest absolute Gasteiger partial charge is 0.311 e. The van der Waals surface area contributed by atoms with Crippen LogP contribution in [0, 0.1) is 29.1 Å². The minimum atomic E-state index is -1.01. The summed E-state index contributed by atoms with van der Waals surface area (Å²) >= 11 is 0. The van der Waals surface area contributed by atoms with Gasteiger partial charge in [-0.25, -0.2) is 4.98 Å². The zero-order valence-corrected chi connectivity index (χ0v) is 29.0. The van der Waals surface area contributed by atoms with Crippen molar-refractivity contribution in [2.45, 2.75) is 58.9 Å². The molecule has 0 aliphatic rings. The molecule has 0 bridgehead atoms. The maximum Gasteiger partial charge on any atom is 0.311 e. The van der Waals surface area contributed by atoms with E-state index >= 15 is 0 Å². The van der Waals surface area contributed by atoms with Crippen LogP contribution >= 0.6 is 43.2 Å². The Morgan fingerprint density at radius 1 is 1.00 bits per heavy atom. The molecule has 1 aromatic heterocycles. The highest BCUT2D eigenvalue weighted by atomic mass is 33.1. The van der Waals surface area contributed by atoms with Crippen LogP contribution in [0.1, 0.15) is 53.9 Å². The molecule has 8 nitrogen and oxygen atoms in total. The molecular weight excluding hydrogens is 613 g/mol. The number of pyridine rings is 1. The van der Waals surface area contributed by atoms with Crippen molar-refractivity contribution >= 4 is 55.1 Å². The molecule has 0 aromatic carbocycles. The molecule has 240 valence electrons. The third-order valence-corrected chi connectivity index (χ3v) is 11.1. The topological polar surface area (TPSA) is 121 Å². The summed E-state index contributed by atoms with van der Waals surface area (Å²) < 4.78 is 17.2. The molecule has 0 spiro atoms. The van der Waals surface area contributed by atoms with E-state index in [0.717, 1.165) is 23.0 Å². The Morgan fingerprint density at radius 3 is 2.31 bits per heavy atom. The second kappa shape index (κ2) is 22.5. The first-order chi connectivity index (χ1) is 20.0. The molecule has 12 heteroatoms. The number of aliphatic hydroxyl groups excluding tert-OH is 1. The molecule has 3 atom stereocenters. The number of rotatable bonds is 24. The summed E-state index contributed by atoms with van der Waals surface area (Å²) in [4.78, 5) is 31.0. The summed E-state index contributed by atoms with van der Waals surface area (Å²) in [7, 11) is 6.54. The van der Waals surface area contributed by atoms with Crippen molar-refractivity contribution < 1.29 is 28.9 Å². The average Bonchev–Trinajstić information content (AvgIpc) is 2.95. The van der Waals surface area contributed by atoms with Crippen molar-refractivity contribution in [2.75, 3.05) is 50.2 Å². The molecule has 0 radical (unpaired) electrons. The molecule has 0 saturated carbocycles. The Kier molecular flexibility index (Phi) is 20.8. The van der Waals surface area contributed by atoms with Gasteiger partial charge < -0.3 is 25.1 Å². The van der Waals surface area contributed by atoms with Crippen LogP contribution < -0.4 is 5.73 Å². The van der Waals surface area contributed by atoms with Crippen LogP contribution in [-0.4, -0.2) is 72.3 Å². The largest absolute Gasteiger partial charge is 0.497 e. The van der Waals surface area contributed by atoms with E-state index < -0.39 is 17.3 Å². The molecular formula is C30H50N2O6S4. The lowest BCUT2D eigenvalue weighted by Gasteiger charge is -2.35. The molecule has 42 heavy (non-hydrogen) atoms. The van der Waals surface area contributed by atoms with Gasteiger partial charge in [0, 0.05) is 35.9 Å². The van der Waals surface area contributed by atoms with Gasteiger partial charge in [-0.3, -0.25) is 9.59 Å². The van der Waals surface area contributed by atoms with Gasteiger partial charge in [-0.2, -0.15) is 0 Å². The quantitative estimate of drug-likeness (QED) is 0.0545. The van der Waals surface area contributed by atoms with Gasteiger partial charge in [-0.15, -0.1) is 0 Å². The number of esters is 2. The number of aliphatic hydroxyl groups is 1. The second-order valence-electron chi connectivity index (χ2n) is 11.0. The van der Waals surface area contributed by atoms with Gasteiger partial charge in [0.15, 0.2) is 0 Å². The lowest BCUT2D eigenvalue weighted by molar-refractivity contribution is -0.161. The van der Waals surface area contributed by atoms with Crippen LogP contribution in [0.4, 0.5) is 0 Å². The first-order valence-corrected chi connectivity index (χ1v) is 19.3. The SMILES string of the molecule is C=C(OCCSSCCN)C(CC(C)C)CC(C)(CC(C(=O)OCCSSc1ccccn1)C(C)C)C(=O)OCCO. The number of nitrogens with two attached hydrogens (primary N) is 1. The predicted molar refractivity (Wildman–Crippen MR) is 179 cm³/mol. The van der Waals surface area contributed by atoms with Gasteiger partial charge in [0.05, 0.1) is 30.3 Å². The van der Waals surface area contributed by atoms with Crippen LogP contribution in [0.25, 0.3) is 0 Å². The van der Waals surface area contributed by atoms with Crippen LogP contribution in [0.15, 0.2) is 41.8 Å². The van der Waals surface area contributed by atoms with Gasteiger partial charge >= 0.3 is 11.9 Å². The van der Waals surface area contributed by atoms with E-state index in [9.17, 15) is 14.7 Å². The fraction of sp³-hybridized carbons (Fsp3) is 0.700. The lowest BCUT2D eigenvalue weighted by Crippen LogP contribution is -2.39. The fourth-order valence-electron chi connectivity index (χ4n) is 4.35. The Bertz CT molecular complexity index is 909. The molecule has 3 N–H and O–H groups in total. The van der Waals surface area contributed by atoms with Crippen molar-refractivity contribution in [1.82, 2.24) is 4.98 Å². The second-order valence-corrected chi connectivity index (χ2v) is 16.1. The third kappa shape index (κ3) is 16.1.